The molecule has 0 N–H and O–H groups in total. The van der Waals surface area contributed by atoms with Gasteiger partial charge in [0.15, 0.2) is 0 Å². The molecule has 2 aliphatic heterocycles. The Bertz CT molecular complexity index is 871. The quantitative estimate of drug-likeness (QED) is 0.147. The number of methoxy groups -OCH3 is 1. The number of carbonyl (C=O) groups is 1. The van der Waals surface area contributed by atoms with Crippen molar-refractivity contribution in [1.29, 1.82) is 0 Å². The number of rotatable bonds is 12. The Hall–Kier alpha value is -0.0306. The third-order valence-corrected chi connectivity index (χ3v) is 8.05. The molecule has 200 valence electrons. The summed E-state index contributed by atoms with van der Waals surface area (Å²) in [6.07, 6.45) is 3.80. The van der Waals surface area contributed by atoms with Crippen LogP contribution in [0.2, 0.25) is 10.0 Å². The molecule has 1 unspecified atom stereocenters. The average Bonchev–Trinajstić information content (AvgIpc) is 3.09. The van der Waals surface area contributed by atoms with E-state index in [1.165, 1.54) is 7.11 Å². The number of fused-ring (bicyclic) bond motifs is 2. The topological polar surface area (TPSA) is 96.7 Å². The van der Waals surface area contributed by atoms with Crippen LogP contribution in [-0.4, -0.2) is 85.1 Å². The van der Waals surface area contributed by atoms with Gasteiger partial charge in [-0.2, -0.15) is 11.5 Å². The summed E-state index contributed by atoms with van der Waals surface area (Å²) in [5.74, 6) is 0.517. The van der Waals surface area contributed by atoms with Gasteiger partial charge >= 0.3 is 26.1 Å². The largest absolute Gasteiger partial charge is 5.00 e. The minimum absolute atomic E-state index is 0. The third-order valence-electron chi connectivity index (χ3n) is 6.95. The molecule has 7 nitrogen and oxygen atoms in total. The molecule has 2 fully saturated rings. The summed E-state index contributed by atoms with van der Waals surface area (Å²) >= 11 is 22.4. The molecule has 0 radical (unpaired) electrons. The van der Waals surface area contributed by atoms with Gasteiger partial charge in [0, 0.05) is 31.1 Å². The molecule has 2 saturated heterocycles. The van der Waals surface area contributed by atoms with E-state index in [0.29, 0.717) is 40.7 Å². The first-order chi connectivity index (χ1) is 16.4. The summed E-state index contributed by atoms with van der Waals surface area (Å²) in [6.45, 7) is 2.98. The molecule has 0 aromatic heterocycles. The fourth-order valence-corrected chi connectivity index (χ4v) is 6.15. The SMILES string of the molecule is COC(=O)[C@@H]1[C@H]2CCC(C[C@H]1c1ccc(Cl)c(Cl)c1)N2CCCN(CC[S-])CC([O-])=NCC[S-].[O-2].[Tc+5]. The minimum Gasteiger partial charge on any atom is -2.00 e. The monoisotopic (exact) mass is 657 g/mol. The molecule has 0 spiro atoms. The molecule has 0 aliphatic carbocycles. The van der Waals surface area contributed by atoms with Gasteiger partial charge in [0.2, 0.25) is 0 Å². The summed E-state index contributed by atoms with van der Waals surface area (Å²) in [7, 11) is 1.46. The van der Waals surface area contributed by atoms with E-state index in [0.717, 1.165) is 44.3 Å². The van der Waals surface area contributed by atoms with E-state index in [-0.39, 0.29) is 61.9 Å². The number of ether oxygens (including phenoxy) is 1. The molecule has 4 atom stereocenters. The molecule has 1 aromatic carbocycles. The van der Waals surface area contributed by atoms with Crippen molar-refractivity contribution in [2.45, 2.75) is 43.7 Å². The van der Waals surface area contributed by atoms with E-state index in [9.17, 15) is 9.90 Å². The first kappa shape index (κ1) is 34.0. The second kappa shape index (κ2) is 16.8. The molecule has 3 rings (SSSR count). The van der Waals surface area contributed by atoms with Gasteiger partial charge in [-0.15, -0.1) is 0 Å². The number of hydrogen-bond donors (Lipinski definition) is 0. The fourth-order valence-electron chi connectivity index (χ4n) is 5.49. The maximum Gasteiger partial charge on any atom is 5.00 e. The van der Waals surface area contributed by atoms with Crippen molar-refractivity contribution < 1.29 is 40.2 Å². The van der Waals surface area contributed by atoms with Crippen LogP contribution in [-0.2, 0) is 60.4 Å². The first-order valence-corrected chi connectivity index (χ1v) is 13.7. The number of benzene rings is 1. The van der Waals surface area contributed by atoms with E-state index in [4.69, 9.17) is 53.2 Å². The van der Waals surface area contributed by atoms with Gasteiger partial charge in [-0.05, 0) is 68.9 Å². The Morgan fingerprint density at radius 3 is 2.61 bits per heavy atom. The maximum atomic E-state index is 12.9. The van der Waals surface area contributed by atoms with Crippen LogP contribution in [0.1, 0.15) is 37.2 Å². The van der Waals surface area contributed by atoms with Crippen LogP contribution in [0.25, 0.3) is 0 Å². The zero-order valence-electron chi connectivity index (χ0n) is 20.2. The van der Waals surface area contributed by atoms with Crippen molar-refractivity contribution in [2.24, 2.45) is 10.9 Å². The Morgan fingerprint density at radius 1 is 1.22 bits per heavy atom. The van der Waals surface area contributed by atoms with Gasteiger partial charge in [-0.3, -0.25) is 9.69 Å². The van der Waals surface area contributed by atoms with E-state index < -0.39 is 0 Å². The van der Waals surface area contributed by atoms with E-state index in [1.54, 1.807) is 6.07 Å². The van der Waals surface area contributed by atoms with Gasteiger partial charge in [0.05, 0.1) is 23.1 Å². The fraction of sp³-hybridized carbons (Fsp3) is 0.667. The number of esters is 1. The summed E-state index contributed by atoms with van der Waals surface area (Å²) < 4.78 is 5.25. The van der Waals surface area contributed by atoms with Crippen molar-refractivity contribution >= 4 is 60.3 Å². The number of hydrogen-bond acceptors (Lipinski definition) is 8. The predicted molar refractivity (Wildman–Crippen MR) is 141 cm³/mol. The molecular weight excluding hydrogens is 627 g/mol. The summed E-state index contributed by atoms with van der Waals surface area (Å²) in [5, 5.41) is 13.1. The molecule has 12 heteroatoms. The number of aliphatic imine (C=N–C) groups is 1. The smallest absolute Gasteiger partial charge is 2.00 e. The molecule has 2 heterocycles. The van der Waals surface area contributed by atoms with Crippen LogP contribution in [0, 0.1) is 5.92 Å². The van der Waals surface area contributed by atoms with Crippen LogP contribution >= 0.6 is 23.2 Å². The van der Waals surface area contributed by atoms with Crippen molar-refractivity contribution in [3.63, 3.8) is 0 Å². The molecule has 1 aromatic rings. The number of nitrogens with zero attached hydrogens (tertiary/aromatic N) is 3. The van der Waals surface area contributed by atoms with Crippen LogP contribution in [0.4, 0.5) is 0 Å². The Balaban J connectivity index is 0.00000324. The molecular formula is C24H32Cl2N3O4S2Tc. The summed E-state index contributed by atoms with van der Waals surface area (Å²) in [4.78, 5) is 21.5. The molecule has 36 heavy (non-hydrogen) atoms. The normalized spacial score (nSPS) is 23.8. The zero-order valence-corrected chi connectivity index (χ0v) is 25.2. The molecule has 2 bridgehead atoms. The van der Waals surface area contributed by atoms with Crippen molar-refractivity contribution in [3.05, 3.63) is 33.8 Å². The number of carbonyl (C=O) groups excluding carboxylic acids is 1. The average molecular weight is 660 g/mol. The minimum atomic E-state index is -0.247. The van der Waals surface area contributed by atoms with Crippen molar-refractivity contribution in [1.82, 2.24) is 9.80 Å². The van der Waals surface area contributed by atoms with Crippen LogP contribution in [0.5, 0.6) is 0 Å². The van der Waals surface area contributed by atoms with Gasteiger partial charge in [0.1, 0.15) is 0 Å². The Labute approximate surface area is 248 Å². The second-order valence-corrected chi connectivity index (χ2v) is 10.5. The van der Waals surface area contributed by atoms with E-state index >= 15 is 0 Å². The van der Waals surface area contributed by atoms with Crippen molar-refractivity contribution in [3.8, 4) is 0 Å². The second-order valence-electron chi connectivity index (χ2n) is 8.91. The van der Waals surface area contributed by atoms with Crippen LogP contribution < -0.4 is 5.11 Å². The predicted octanol–water partition coefficient (Wildman–Crippen LogP) is 2.53. The molecule has 0 amide bonds. The third kappa shape index (κ3) is 8.75. The maximum absolute atomic E-state index is 12.9. The molecule has 0 saturated carbocycles. The van der Waals surface area contributed by atoms with Gasteiger partial charge < -0.3 is 50.5 Å². The van der Waals surface area contributed by atoms with Crippen molar-refractivity contribution in [2.75, 3.05) is 51.3 Å². The summed E-state index contributed by atoms with van der Waals surface area (Å²) in [5.41, 5.74) is 1.04. The number of piperidine rings is 1. The molecule has 2 aliphatic rings. The van der Waals surface area contributed by atoms with E-state index in [2.05, 4.69) is 14.8 Å². The zero-order chi connectivity index (χ0) is 24.7. The van der Waals surface area contributed by atoms with Gasteiger partial charge in [-0.25, -0.2) is 0 Å². The van der Waals surface area contributed by atoms with Gasteiger partial charge in [0.25, 0.3) is 0 Å². The van der Waals surface area contributed by atoms with Crippen LogP contribution in [0.15, 0.2) is 23.2 Å². The summed E-state index contributed by atoms with van der Waals surface area (Å²) in [6, 6.07) is 6.20. The standard InChI is InChI=1S/C24H35Cl2N3O3S2.O.Tc/c1-32-24(31)23-18(16-3-5-19(25)20(26)13-16)14-17-4-6-21(23)29(17)9-2-8-28(10-12-34)15-22(30)27-7-11-33;;/h3,5,13,17-18,21,23,33-34H,2,4,6-12,14-15H2,1H3,(H,27,30);;/q;-2;+5/p-3/t17?,18-,21+,23-;;/m0../s1. The number of halogens is 2. The van der Waals surface area contributed by atoms with E-state index in [1.807, 2.05) is 12.1 Å². The van der Waals surface area contributed by atoms with Crippen LogP contribution in [0.3, 0.4) is 0 Å². The first-order valence-electron chi connectivity index (χ1n) is 11.8. The Kier molecular flexibility index (Phi) is 15.9. The van der Waals surface area contributed by atoms with Gasteiger partial charge in [-0.1, -0.05) is 29.3 Å². The Morgan fingerprint density at radius 2 is 1.97 bits per heavy atom.